The van der Waals surface area contributed by atoms with Crippen molar-refractivity contribution < 1.29 is 19.1 Å². The summed E-state index contributed by atoms with van der Waals surface area (Å²) >= 11 is 0. The van der Waals surface area contributed by atoms with Crippen LogP contribution in [0.1, 0.15) is 60.0 Å². The lowest BCUT2D eigenvalue weighted by Crippen LogP contribution is -2.09. The Hall–Kier alpha value is -2.88. The number of aryl methyl sites for hydroxylation is 1. The van der Waals surface area contributed by atoms with Gasteiger partial charge in [0.05, 0.1) is 5.56 Å². The molecule has 1 heterocycles. The highest BCUT2D eigenvalue weighted by atomic mass is 16.5. The van der Waals surface area contributed by atoms with Gasteiger partial charge in [-0.2, -0.15) is 0 Å². The fourth-order valence-electron chi connectivity index (χ4n) is 3.85. The van der Waals surface area contributed by atoms with Crippen LogP contribution in [0.3, 0.4) is 0 Å². The number of hydrogen-bond acceptors (Lipinski definition) is 4. The van der Waals surface area contributed by atoms with Crippen LogP contribution in [0, 0.1) is 12.8 Å². The standard InChI is InChI=1S/C24H24O4/c1-16-6-8-18(9-7-16)14-22-24(26)20-12-11-19(15-21(20)28-22)27-23(25)13-10-17-4-2-3-5-17/h6-9,11-12,14-15,17H,2-5,10,13H2,1H3/b22-14-. The number of ether oxygens (including phenoxy) is 2. The molecule has 0 amide bonds. The zero-order chi connectivity index (χ0) is 19.5. The van der Waals surface area contributed by atoms with Gasteiger partial charge in [0.1, 0.15) is 11.5 Å². The number of rotatable bonds is 5. The van der Waals surface area contributed by atoms with Crippen LogP contribution >= 0.6 is 0 Å². The normalized spacial score (nSPS) is 17.6. The van der Waals surface area contributed by atoms with Crippen LogP contribution in [0.25, 0.3) is 6.08 Å². The SMILES string of the molecule is Cc1ccc(/C=C2\Oc3cc(OC(=O)CCC4CCCC4)ccc3C2=O)cc1. The van der Waals surface area contributed by atoms with Gasteiger partial charge in [-0.3, -0.25) is 9.59 Å². The molecule has 2 aromatic rings. The second-order valence-corrected chi connectivity index (χ2v) is 7.67. The maximum absolute atomic E-state index is 12.5. The molecule has 144 valence electrons. The van der Waals surface area contributed by atoms with E-state index < -0.39 is 0 Å². The minimum Gasteiger partial charge on any atom is -0.452 e. The molecular weight excluding hydrogens is 352 g/mol. The lowest BCUT2D eigenvalue weighted by atomic mass is 10.0. The average molecular weight is 376 g/mol. The summed E-state index contributed by atoms with van der Waals surface area (Å²) in [4.78, 5) is 24.7. The van der Waals surface area contributed by atoms with E-state index in [-0.39, 0.29) is 17.5 Å². The topological polar surface area (TPSA) is 52.6 Å². The third-order valence-electron chi connectivity index (χ3n) is 5.48. The van der Waals surface area contributed by atoms with Crippen LogP contribution in [-0.2, 0) is 4.79 Å². The van der Waals surface area contributed by atoms with E-state index in [1.165, 1.54) is 25.7 Å². The maximum atomic E-state index is 12.5. The van der Waals surface area contributed by atoms with Crippen molar-refractivity contribution in [1.82, 2.24) is 0 Å². The maximum Gasteiger partial charge on any atom is 0.311 e. The fourth-order valence-corrected chi connectivity index (χ4v) is 3.85. The Labute approximate surface area is 165 Å². The van der Waals surface area contributed by atoms with E-state index in [2.05, 4.69) is 0 Å². The quantitative estimate of drug-likeness (QED) is 0.393. The number of hydrogen-bond donors (Lipinski definition) is 0. The van der Waals surface area contributed by atoms with Gasteiger partial charge in [0.15, 0.2) is 5.76 Å². The molecule has 2 aliphatic rings. The average Bonchev–Trinajstić information content (AvgIpc) is 3.30. The summed E-state index contributed by atoms with van der Waals surface area (Å²) in [6.07, 6.45) is 8.04. The first kappa shape index (κ1) is 18.5. The molecular formula is C24H24O4. The Balaban J connectivity index is 1.41. The minimum atomic E-state index is -0.230. The van der Waals surface area contributed by atoms with Crippen LogP contribution in [0.2, 0.25) is 0 Å². The molecule has 4 nitrogen and oxygen atoms in total. The Morgan fingerprint density at radius 3 is 2.64 bits per heavy atom. The molecule has 4 rings (SSSR count). The number of ketones is 1. The summed E-state index contributed by atoms with van der Waals surface area (Å²) in [5.74, 6) is 1.40. The first-order chi connectivity index (χ1) is 13.6. The van der Waals surface area contributed by atoms with Gasteiger partial charge in [0.25, 0.3) is 0 Å². The number of Topliss-reactive ketones (excluding diaryl/α,β-unsaturated/α-hetero) is 1. The van der Waals surface area contributed by atoms with Crippen molar-refractivity contribution in [2.24, 2.45) is 5.92 Å². The molecule has 2 aromatic carbocycles. The molecule has 0 bridgehead atoms. The Bertz CT molecular complexity index is 918. The lowest BCUT2D eigenvalue weighted by molar-refractivity contribution is -0.134. The van der Waals surface area contributed by atoms with Crippen molar-refractivity contribution in [3.05, 3.63) is 64.9 Å². The second kappa shape index (κ2) is 8.01. The summed E-state index contributed by atoms with van der Waals surface area (Å²) in [6, 6.07) is 12.8. The number of carbonyl (C=O) groups excluding carboxylic acids is 2. The summed E-state index contributed by atoms with van der Waals surface area (Å²) in [6.45, 7) is 2.01. The first-order valence-electron chi connectivity index (χ1n) is 9.94. The predicted octanol–water partition coefficient (Wildman–Crippen LogP) is 5.49. The molecule has 28 heavy (non-hydrogen) atoms. The van der Waals surface area contributed by atoms with E-state index >= 15 is 0 Å². The van der Waals surface area contributed by atoms with Crippen LogP contribution in [-0.4, -0.2) is 11.8 Å². The molecule has 1 saturated carbocycles. The zero-order valence-corrected chi connectivity index (χ0v) is 16.1. The van der Waals surface area contributed by atoms with E-state index in [0.717, 1.165) is 17.5 Å². The Kier molecular flexibility index (Phi) is 5.29. The molecule has 0 unspecified atom stereocenters. The zero-order valence-electron chi connectivity index (χ0n) is 16.1. The van der Waals surface area contributed by atoms with Gasteiger partial charge in [-0.05, 0) is 43.0 Å². The Morgan fingerprint density at radius 2 is 1.89 bits per heavy atom. The third kappa shape index (κ3) is 4.16. The van der Waals surface area contributed by atoms with Gasteiger partial charge in [-0.15, -0.1) is 0 Å². The largest absolute Gasteiger partial charge is 0.452 e. The van der Waals surface area contributed by atoms with Crippen molar-refractivity contribution in [3.63, 3.8) is 0 Å². The molecule has 0 saturated heterocycles. The van der Waals surface area contributed by atoms with E-state index in [0.29, 0.717) is 29.4 Å². The van der Waals surface area contributed by atoms with E-state index in [9.17, 15) is 9.59 Å². The molecule has 0 aromatic heterocycles. The third-order valence-corrected chi connectivity index (χ3v) is 5.48. The van der Waals surface area contributed by atoms with Gasteiger partial charge in [-0.25, -0.2) is 0 Å². The van der Waals surface area contributed by atoms with E-state index in [1.54, 1.807) is 24.3 Å². The minimum absolute atomic E-state index is 0.158. The lowest BCUT2D eigenvalue weighted by Gasteiger charge is -2.09. The summed E-state index contributed by atoms with van der Waals surface area (Å²) in [7, 11) is 0. The van der Waals surface area contributed by atoms with Crippen LogP contribution in [0.5, 0.6) is 11.5 Å². The van der Waals surface area contributed by atoms with Crippen molar-refractivity contribution in [2.45, 2.75) is 45.4 Å². The summed E-state index contributed by atoms with van der Waals surface area (Å²) < 4.78 is 11.2. The highest BCUT2D eigenvalue weighted by Gasteiger charge is 2.28. The van der Waals surface area contributed by atoms with E-state index in [1.807, 2.05) is 31.2 Å². The smallest absolute Gasteiger partial charge is 0.311 e. The van der Waals surface area contributed by atoms with Gasteiger partial charge >= 0.3 is 5.97 Å². The number of fused-ring (bicyclic) bond motifs is 1. The monoisotopic (exact) mass is 376 g/mol. The van der Waals surface area contributed by atoms with Gasteiger partial charge < -0.3 is 9.47 Å². The van der Waals surface area contributed by atoms with Gasteiger partial charge in [-0.1, -0.05) is 55.5 Å². The second-order valence-electron chi connectivity index (χ2n) is 7.67. The molecule has 4 heteroatoms. The van der Waals surface area contributed by atoms with Crippen molar-refractivity contribution >= 4 is 17.8 Å². The van der Waals surface area contributed by atoms with Crippen LogP contribution in [0.15, 0.2) is 48.2 Å². The Morgan fingerprint density at radius 1 is 1.14 bits per heavy atom. The molecule has 1 aliphatic carbocycles. The number of benzene rings is 2. The predicted molar refractivity (Wildman–Crippen MR) is 107 cm³/mol. The molecule has 0 N–H and O–H groups in total. The van der Waals surface area contributed by atoms with Crippen molar-refractivity contribution in [1.29, 1.82) is 0 Å². The summed E-state index contributed by atoms with van der Waals surface area (Å²) in [5.41, 5.74) is 2.55. The molecule has 0 radical (unpaired) electrons. The van der Waals surface area contributed by atoms with Crippen molar-refractivity contribution in [3.8, 4) is 11.5 Å². The molecule has 0 atom stereocenters. The van der Waals surface area contributed by atoms with E-state index in [4.69, 9.17) is 9.47 Å². The van der Waals surface area contributed by atoms with Gasteiger partial charge in [0.2, 0.25) is 5.78 Å². The molecule has 1 fully saturated rings. The fraction of sp³-hybridized carbons (Fsp3) is 0.333. The first-order valence-corrected chi connectivity index (χ1v) is 9.94. The number of esters is 1. The highest BCUT2D eigenvalue weighted by Crippen LogP contribution is 2.35. The number of carbonyl (C=O) groups is 2. The summed E-state index contributed by atoms with van der Waals surface area (Å²) in [5, 5.41) is 0. The highest BCUT2D eigenvalue weighted by molar-refractivity contribution is 6.14. The van der Waals surface area contributed by atoms with Crippen LogP contribution in [0.4, 0.5) is 0 Å². The number of allylic oxidation sites excluding steroid dienone is 1. The molecule has 0 spiro atoms. The van der Waals surface area contributed by atoms with Gasteiger partial charge in [0, 0.05) is 12.5 Å². The molecule has 1 aliphatic heterocycles. The van der Waals surface area contributed by atoms with Crippen LogP contribution < -0.4 is 9.47 Å². The van der Waals surface area contributed by atoms with Crippen molar-refractivity contribution in [2.75, 3.05) is 0 Å².